The fourth-order valence-corrected chi connectivity index (χ4v) is 2.57. The van der Waals surface area contributed by atoms with Gasteiger partial charge in [-0.05, 0) is 31.0 Å². The minimum atomic E-state index is -0.138. The molecule has 6 heteroatoms. The van der Waals surface area contributed by atoms with Crippen molar-refractivity contribution in [3.63, 3.8) is 0 Å². The lowest BCUT2D eigenvalue weighted by molar-refractivity contribution is 0.110. The number of hydrogen-bond donors (Lipinski definition) is 2. The van der Waals surface area contributed by atoms with Gasteiger partial charge in [-0.15, -0.1) is 0 Å². The Labute approximate surface area is 121 Å². The number of halogens is 1. The van der Waals surface area contributed by atoms with E-state index in [9.17, 15) is 4.79 Å². The topological polar surface area (TPSA) is 67.0 Å². The van der Waals surface area contributed by atoms with Crippen molar-refractivity contribution in [2.75, 3.05) is 13.2 Å². The number of hydrogen-bond acceptors (Lipinski definition) is 4. The van der Waals surface area contributed by atoms with E-state index >= 15 is 0 Å². The van der Waals surface area contributed by atoms with E-state index in [1.54, 1.807) is 18.2 Å². The lowest BCUT2D eigenvalue weighted by atomic mass is 10.2. The quantitative estimate of drug-likeness (QED) is 0.903. The molecular weight excluding hydrogens is 278 g/mol. The van der Waals surface area contributed by atoms with Crippen molar-refractivity contribution >= 4 is 22.5 Å². The van der Waals surface area contributed by atoms with Crippen molar-refractivity contribution in [3.05, 3.63) is 39.4 Å². The first-order valence-electron chi connectivity index (χ1n) is 6.73. The van der Waals surface area contributed by atoms with Crippen LogP contribution in [0.4, 0.5) is 0 Å². The van der Waals surface area contributed by atoms with E-state index in [0.717, 1.165) is 26.0 Å². The predicted octanol–water partition coefficient (Wildman–Crippen LogP) is 1.85. The Morgan fingerprint density at radius 1 is 1.50 bits per heavy atom. The molecule has 0 radical (unpaired) electrons. The number of aromatic nitrogens is 2. The smallest absolute Gasteiger partial charge is 0.258 e. The third kappa shape index (κ3) is 3.00. The molecule has 1 saturated heterocycles. The Balaban J connectivity index is 1.72. The van der Waals surface area contributed by atoms with Gasteiger partial charge in [0.05, 0.1) is 23.6 Å². The summed E-state index contributed by atoms with van der Waals surface area (Å²) in [7, 11) is 0. The largest absolute Gasteiger partial charge is 0.377 e. The summed E-state index contributed by atoms with van der Waals surface area (Å²) < 4.78 is 5.53. The van der Waals surface area contributed by atoms with Gasteiger partial charge in [-0.2, -0.15) is 0 Å². The monoisotopic (exact) mass is 293 g/mol. The summed E-state index contributed by atoms with van der Waals surface area (Å²) in [6.07, 6.45) is 2.48. The molecule has 2 heterocycles. The summed E-state index contributed by atoms with van der Waals surface area (Å²) in [4.78, 5) is 19.1. The van der Waals surface area contributed by atoms with Gasteiger partial charge >= 0.3 is 0 Å². The third-order valence-corrected chi connectivity index (χ3v) is 3.64. The van der Waals surface area contributed by atoms with Crippen LogP contribution in [0.25, 0.3) is 10.9 Å². The zero-order valence-corrected chi connectivity index (χ0v) is 11.7. The Bertz CT molecular complexity index is 665. The average Bonchev–Trinajstić information content (AvgIpc) is 2.91. The molecule has 0 saturated carbocycles. The third-order valence-electron chi connectivity index (χ3n) is 3.41. The number of H-pyrrole nitrogens is 1. The highest BCUT2D eigenvalue weighted by Crippen LogP contribution is 2.14. The van der Waals surface area contributed by atoms with Gasteiger partial charge in [0.25, 0.3) is 5.56 Å². The maximum absolute atomic E-state index is 11.9. The molecule has 2 N–H and O–H groups in total. The standard InChI is InChI=1S/C14H16ClN3O2/c15-9-3-4-11-12(6-9)17-13(18-14(11)19)8-16-7-10-2-1-5-20-10/h3-4,6,10,16H,1-2,5,7-8H2,(H,17,18,19). The van der Waals surface area contributed by atoms with Gasteiger partial charge in [0.1, 0.15) is 5.82 Å². The van der Waals surface area contributed by atoms with Gasteiger partial charge in [0.2, 0.25) is 0 Å². The van der Waals surface area contributed by atoms with Gasteiger partial charge in [-0.3, -0.25) is 4.79 Å². The molecule has 1 atom stereocenters. The van der Waals surface area contributed by atoms with Crippen molar-refractivity contribution in [1.82, 2.24) is 15.3 Å². The molecule has 1 unspecified atom stereocenters. The summed E-state index contributed by atoms with van der Waals surface area (Å²) in [5.74, 6) is 0.614. The van der Waals surface area contributed by atoms with Gasteiger partial charge in [0, 0.05) is 18.2 Å². The van der Waals surface area contributed by atoms with Crippen molar-refractivity contribution in [2.24, 2.45) is 0 Å². The minimum Gasteiger partial charge on any atom is -0.377 e. The summed E-state index contributed by atoms with van der Waals surface area (Å²) in [5.41, 5.74) is 0.482. The number of nitrogens with one attached hydrogen (secondary N) is 2. The highest BCUT2D eigenvalue weighted by molar-refractivity contribution is 6.31. The van der Waals surface area contributed by atoms with Crippen molar-refractivity contribution in [3.8, 4) is 0 Å². The first kappa shape index (κ1) is 13.5. The molecule has 3 rings (SSSR count). The van der Waals surface area contributed by atoms with Crippen LogP contribution >= 0.6 is 11.6 Å². The van der Waals surface area contributed by atoms with Crippen LogP contribution in [0.2, 0.25) is 5.02 Å². The Kier molecular flexibility index (Phi) is 4.00. The molecule has 0 bridgehead atoms. The van der Waals surface area contributed by atoms with Crippen molar-refractivity contribution in [2.45, 2.75) is 25.5 Å². The Morgan fingerprint density at radius 2 is 2.40 bits per heavy atom. The van der Waals surface area contributed by atoms with E-state index in [0.29, 0.717) is 28.3 Å². The molecule has 1 aliphatic heterocycles. The van der Waals surface area contributed by atoms with Crippen LogP contribution in [-0.4, -0.2) is 29.2 Å². The van der Waals surface area contributed by atoms with E-state index in [1.165, 1.54) is 0 Å². The summed E-state index contributed by atoms with van der Waals surface area (Å²) in [6, 6.07) is 5.08. The molecule has 2 aromatic rings. The molecule has 1 aliphatic rings. The molecule has 0 spiro atoms. The van der Waals surface area contributed by atoms with Crippen molar-refractivity contribution < 1.29 is 4.74 Å². The van der Waals surface area contributed by atoms with Gasteiger partial charge in [0.15, 0.2) is 0 Å². The number of benzene rings is 1. The van der Waals surface area contributed by atoms with Crippen LogP contribution in [0.3, 0.4) is 0 Å². The van der Waals surface area contributed by atoms with Crippen LogP contribution in [0.15, 0.2) is 23.0 Å². The SMILES string of the molecule is O=c1[nH]c(CNCC2CCCO2)nc2cc(Cl)ccc12. The average molecular weight is 294 g/mol. The highest BCUT2D eigenvalue weighted by atomic mass is 35.5. The molecule has 0 aliphatic carbocycles. The van der Waals surface area contributed by atoms with Crippen LogP contribution in [-0.2, 0) is 11.3 Å². The lowest BCUT2D eigenvalue weighted by Gasteiger charge is -2.10. The minimum absolute atomic E-state index is 0.138. The highest BCUT2D eigenvalue weighted by Gasteiger charge is 2.14. The van der Waals surface area contributed by atoms with Gasteiger partial charge in [-0.25, -0.2) is 4.98 Å². The molecule has 1 fully saturated rings. The molecule has 1 aromatic carbocycles. The molecule has 1 aromatic heterocycles. The van der Waals surface area contributed by atoms with Gasteiger partial charge in [-0.1, -0.05) is 11.6 Å². The lowest BCUT2D eigenvalue weighted by Crippen LogP contribution is -2.27. The Morgan fingerprint density at radius 3 is 3.20 bits per heavy atom. The summed E-state index contributed by atoms with van der Waals surface area (Å²) in [5, 5.41) is 4.39. The molecular formula is C14H16ClN3O2. The number of rotatable bonds is 4. The first-order chi connectivity index (χ1) is 9.72. The van der Waals surface area contributed by atoms with E-state index in [2.05, 4.69) is 15.3 Å². The zero-order valence-electron chi connectivity index (χ0n) is 11.0. The van der Waals surface area contributed by atoms with Crippen LogP contribution in [0.1, 0.15) is 18.7 Å². The maximum Gasteiger partial charge on any atom is 0.258 e. The van der Waals surface area contributed by atoms with Gasteiger partial charge < -0.3 is 15.0 Å². The molecule has 20 heavy (non-hydrogen) atoms. The fraction of sp³-hybridized carbons (Fsp3) is 0.429. The number of ether oxygens (including phenoxy) is 1. The molecule has 106 valence electrons. The van der Waals surface area contributed by atoms with E-state index < -0.39 is 0 Å². The number of nitrogens with zero attached hydrogens (tertiary/aromatic N) is 1. The second-order valence-corrected chi connectivity index (χ2v) is 5.38. The van der Waals surface area contributed by atoms with Crippen LogP contribution < -0.4 is 10.9 Å². The molecule has 5 nitrogen and oxygen atoms in total. The summed E-state index contributed by atoms with van der Waals surface area (Å²) in [6.45, 7) is 2.13. The normalized spacial score (nSPS) is 18.8. The van der Waals surface area contributed by atoms with E-state index in [4.69, 9.17) is 16.3 Å². The zero-order chi connectivity index (χ0) is 13.9. The predicted molar refractivity (Wildman–Crippen MR) is 78.1 cm³/mol. The van der Waals surface area contributed by atoms with E-state index in [-0.39, 0.29) is 11.7 Å². The Hall–Kier alpha value is -1.43. The van der Waals surface area contributed by atoms with E-state index in [1.807, 2.05) is 0 Å². The second kappa shape index (κ2) is 5.91. The van der Waals surface area contributed by atoms with Crippen LogP contribution in [0, 0.1) is 0 Å². The number of aromatic amines is 1. The maximum atomic E-state index is 11.9. The summed E-state index contributed by atoms with van der Waals surface area (Å²) >= 11 is 5.93. The number of fused-ring (bicyclic) bond motifs is 1. The molecule has 0 amide bonds. The fourth-order valence-electron chi connectivity index (χ4n) is 2.40. The second-order valence-electron chi connectivity index (χ2n) is 4.94. The van der Waals surface area contributed by atoms with Crippen LogP contribution in [0.5, 0.6) is 0 Å². The van der Waals surface area contributed by atoms with Crippen molar-refractivity contribution in [1.29, 1.82) is 0 Å². The first-order valence-corrected chi connectivity index (χ1v) is 7.11.